The third kappa shape index (κ3) is 2.46. The number of amides is 1. The van der Waals surface area contributed by atoms with E-state index in [0.29, 0.717) is 11.6 Å². The Hall–Kier alpha value is -1.85. The smallest absolute Gasteiger partial charge is 0.240 e. The predicted octanol–water partition coefficient (Wildman–Crippen LogP) is 0.362. The molecule has 3 N–H and O–H groups in total. The number of aromatic nitrogens is 2. The molecule has 1 atom stereocenters. The fraction of sp³-hybridized carbons (Fsp3) is 0.545. The average molecular weight is 235 g/mol. The zero-order valence-electron chi connectivity index (χ0n) is 9.89. The van der Waals surface area contributed by atoms with Crippen LogP contribution in [-0.2, 0) is 4.79 Å². The lowest BCUT2D eigenvalue weighted by Crippen LogP contribution is -2.48. The van der Waals surface area contributed by atoms with Crippen LogP contribution in [0.5, 0.6) is 0 Å². The van der Waals surface area contributed by atoms with E-state index in [1.807, 2.05) is 4.90 Å². The van der Waals surface area contributed by atoms with Gasteiger partial charge < -0.3 is 16.0 Å². The molecule has 0 spiro atoms. The Morgan fingerprint density at radius 3 is 3.06 bits per heavy atom. The number of hydrogen-bond donors (Lipinski definition) is 2. The lowest BCUT2D eigenvalue weighted by molar-refractivity contribution is -0.119. The van der Waals surface area contributed by atoms with Crippen molar-refractivity contribution in [3.05, 3.63) is 12.4 Å². The van der Waals surface area contributed by atoms with Gasteiger partial charge in [-0.25, -0.2) is 4.98 Å². The molecule has 1 aliphatic rings. The second kappa shape index (κ2) is 4.99. The van der Waals surface area contributed by atoms with Crippen molar-refractivity contribution in [2.75, 3.05) is 23.8 Å². The van der Waals surface area contributed by atoms with Crippen molar-refractivity contribution >= 4 is 17.5 Å². The Morgan fingerprint density at radius 1 is 1.53 bits per heavy atom. The van der Waals surface area contributed by atoms with Gasteiger partial charge in [0.2, 0.25) is 5.91 Å². The molecule has 1 saturated heterocycles. The number of nitrogens with two attached hydrogens (primary N) is 1. The molecule has 1 aromatic rings. The molecule has 1 fully saturated rings. The Kier molecular flexibility index (Phi) is 3.41. The molecule has 0 bridgehead atoms. The molecule has 6 heteroatoms. The van der Waals surface area contributed by atoms with Crippen LogP contribution < -0.4 is 16.0 Å². The Bertz CT molecular complexity index is 409. The van der Waals surface area contributed by atoms with Gasteiger partial charge >= 0.3 is 0 Å². The first-order valence-corrected chi connectivity index (χ1v) is 5.78. The molecule has 92 valence electrons. The maximum absolute atomic E-state index is 11.4. The summed E-state index contributed by atoms with van der Waals surface area (Å²) in [4.78, 5) is 21.9. The Labute approximate surface area is 100 Å². The molecule has 6 nitrogen and oxygen atoms in total. The molecular weight excluding hydrogens is 218 g/mol. The summed E-state index contributed by atoms with van der Waals surface area (Å²) in [5.74, 6) is 1.11. The second-order valence-electron chi connectivity index (χ2n) is 4.12. The number of nitrogens with one attached hydrogen (secondary N) is 1. The van der Waals surface area contributed by atoms with Crippen LogP contribution in [0.3, 0.4) is 0 Å². The maximum atomic E-state index is 11.4. The predicted molar refractivity (Wildman–Crippen MR) is 65.8 cm³/mol. The molecular formula is C11H17N5O. The first-order chi connectivity index (χ1) is 8.22. The average Bonchev–Trinajstić information content (AvgIpc) is 2.39. The first-order valence-electron chi connectivity index (χ1n) is 5.78. The Morgan fingerprint density at radius 2 is 2.35 bits per heavy atom. The van der Waals surface area contributed by atoms with Gasteiger partial charge in [0, 0.05) is 13.6 Å². The normalized spacial score (nSPS) is 20.1. The van der Waals surface area contributed by atoms with E-state index >= 15 is 0 Å². The van der Waals surface area contributed by atoms with Crippen molar-refractivity contribution < 1.29 is 4.79 Å². The summed E-state index contributed by atoms with van der Waals surface area (Å²) in [5, 5.41) is 2.93. The van der Waals surface area contributed by atoms with Gasteiger partial charge in [-0.05, 0) is 19.3 Å². The van der Waals surface area contributed by atoms with Gasteiger partial charge in [-0.2, -0.15) is 0 Å². The van der Waals surface area contributed by atoms with E-state index < -0.39 is 0 Å². The maximum Gasteiger partial charge on any atom is 0.240 e. The highest BCUT2D eigenvalue weighted by atomic mass is 16.1. The number of primary amides is 1. The van der Waals surface area contributed by atoms with Crippen LogP contribution in [-0.4, -0.2) is 35.5 Å². The quantitative estimate of drug-likeness (QED) is 0.790. The highest BCUT2D eigenvalue weighted by Crippen LogP contribution is 2.23. The summed E-state index contributed by atoms with van der Waals surface area (Å²) >= 11 is 0. The van der Waals surface area contributed by atoms with Crippen LogP contribution in [0.15, 0.2) is 12.4 Å². The van der Waals surface area contributed by atoms with Gasteiger partial charge in [-0.1, -0.05) is 0 Å². The largest absolute Gasteiger partial charge is 0.372 e. The molecule has 0 saturated carbocycles. The van der Waals surface area contributed by atoms with Gasteiger partial charge in [0.1, 0.15) is 17.7 Å². The Balaban J connectivity index is 2.26. The number of carbonyl (C=O) groups excluding carboxylic acids is 1. The number of hydrogen-bond acceptors (Lipinski definition) is 5. The van der Waals surface area contributed by atoms with Crippen molar-refractivity contribution in [2.24, 2.45) is 5.73 Å². The fourth-order valence-corrected chi connectivity index (χ4v) is 2.12. The highest BCUT2D eigenvalue weighted by molar-refractivity contribution is 5.83. The van der Waals surface area contributed by atoms with Crippen LogP contribution in [0.25, 0.3) is 0 Å². The summed E-state index contributed by atoms with van der Waals surface area (Å²) in [7, 11) is 1.79. The standard InChI is InChI=1S/C11H17N5O/c1-13-9-6-14-7-10(15-9)16-5-3-2-4-8(16)11(12)17/h6-8H,2-5H2,1H3,(H2,12,17)(H,13,15). The first kappa shape index (κ1) is 11.6. The SMILES string of the molecule is CNc1cncc(N2CCCCC2C(N)=O)n1. The number of nitrogens with zero attached hydrogens (tertiary/aromatic N) is 3. The van der Waals surface area contributed by atoms with Crippen molar-refractivity contribution in [2.45, 2.75) is 25.3 Å². The number of carbonyl (C=O) groups is 1. The van der Waals surface area contributed by atoms with Crippen molar-refractivity contribution in [1.82, 2.24) is 9.97 Å². The zero-order valence-corrected chi connectivity index (χ0v) is 9.89. The molecule has 1 aliphatic heterocycles. The third-order valence-electron chi connectivity index (χ3n) is 3.00. The number of rotatable bonds is 3. The molecule has 0 aromatic carbocycles. The molecule has 1 amide bonds. The van der Waals surface area contributed by atoms with Crippen LogP contribution in [0.1, 0.15) is 19.3 Å². The molecule has 1 unspecified atom stereocenters. The van der Waals surface area contributed by atoms with Crippen molar-refractivity contribution in [3.63, 3.8) is 0 Å². The minimum absolute atomic E-state index is 0.259. The minimum Gasteiger partial charge on any atom is -0.372 e. The highest BCUT2D eigenvalue weighted by Gasteiger charge is 2.28. The molecule has 0 aliphatic carbocycles. The van der Waals surface area contributed by atoms with E-state index in [1.165, 1.54) is 0 Å². The summed E-state index contributed by atoms with van der Waals surface area (Å²) in [6, 6.07) is -0.259. The van der Waals surface area contributed by atoms with E-state index in [0.717, 1.165) is 25.8 Å². The van der Waals surface area contributed by atoms with E-state index in [2.05, 4.69) is 15.3 Å². The van der Waals surface area contributed by atoms with E-state index in [-0.39, 0.29) is 11.9 Å². The molecule has 0 radical (unpaired) electrons. The molecule has 17 heavy (non-hydrogen) atoms. The lowest BCUT2D eigenvalue weighted by atomic mass is 10.0. The van der Waals surface area contributed by atoms with Gasteiger partial charge in [-0.15, -0.1) is 0 Å². The van der Waals surface area contributed by atoms with Crippen LogP contribution >= 0.6 is 0 Å². The summed E-state index contributed by atoms with van der Waals surface area (Å²) in [6.07, 6.45) is 6.19. The molecule has 2 heterocycles. The van der Waals surface area contributed by atoms with Crippen LogP contribution in [0.2, 0.25) is 0 Å². The second-order valence-corrected chi connectivity index (χ2v) is 4.12. The fourth-order valence-electron chi connectivity index (χ4n) is 2.12. The summed E-state index contributed by atoms with van der Waals surface area (Å²) < 4.78 is 0. The monoisotopic (exact) mass is 235 g/mol. The van der Waals surface area contributed by atoms with Gasteiger partial charge in [0.05, 0.1) is 12.4 Å². The molecule has 1 aromatic heterocycles. The number of anilines is 2. The number of piperidine rings is 1. The lowest BCUT2D eigenvalue weighted by Gasteiger charge is -2.34. The third-order valence-corrected chi connectivity index (χ3v) is 3.00. The van der Waals surface area contributed by atoms with E-state index in [9.17, 15) is 4.79 Å². The zero-order chi connectivity index (χ0) is 12.3. The minimum atomic E-state index is -0.290. The summed E-state index contributed by atoms with van der Waals surface area (Å²) in [6.45, 7) is 0.801. The van der Waals surface area contributed by atoms with E-state index in [4.69, 9.17) is 5.73 Å². The van der Waals surface area contributed by atoms with Gasteiger partial charge in [0.25, 0.3) is 0 Å². The summed E-state index contributed by atoms with van der Waals surface area (Å²) in [5.41, 5.74) is 5.42. The topological polar surface area (TPSA) is 84.1 Å². The van der Waals surface area contributed by atoms with Crippen molar-refractivity contribution in [3.8, 4) is 0 Å². The molecule has 2 rings (SSSR count). The van der Waals surface area contributed by atoms with E-state index in [1.54, 1.807) is 19.4 Å². The van der Waals surface area contributed by atoms with Crippen LogP contribution in [0.4, 0.5) is 11.6 Å². The van der Waals surface area contributed by atoms with Crippen LogP contribution in [0, 0.1) is 0 Å². The van der Waals surface area contributed by atoms with Crippen molar-refractivity contribution in [1.29, 1.82) is 0 Å². The van der Waals surface area contributed by atoms with Gasteiger partial charge in [0.15, 0.2) is 0 Å². The van der Waals surface area contributed by atoms with Gasteiger partial charge in [-0.3, -0.25) is 9.78 Å².